The van der Waals surface area contributed by atoms with Crippen LogP contribution < -0.4 is 10.6 Å². The van der Waals surface area contributed by atoms with E-state index in [1.54, 1.807) is 11.8 Å². The van der Waals surface area contributed by atoms with Gasteiger partial charge in [0.2, 0.25) is 5.91 Å². The van der Waals surface area contributed by atoms with Crippen molar-refractivity contribution in [2.45, 2.75) is 25.1 Å². The third-order valence-electron chi connectivity index (χ3n) is 5.38. The summed E-state index contributed by atoms with van der Waals surface area (Å²) in [5.74, 6) is -0.642. The first-order valence-corrected chi connectivity index (χ1v) is 10.4. The second-order valence-corrected chi connectivity index (χ2v) is 7.60. The Bertz CT molecular complexity index is 898. The van der Waals surface area contributed by atoms with Gasteiger partial charge in [-0.3, -0.25) is 4.79 Å². The molecule has 0 aromatic heterocycles. The number of rotatable bonds is 6. The maximum atomic E-state index is 13.1. The summed E-state index contributed by atoms with van der Waals surface area (Å²) in [6.45, 7) is 3.72. The molecule has 32 heavy (non-hydrogen) atoms. The third kappa shape index (κ3) is 6.23. The molecule has 0 radical (unpaired) electrons. The van der Waals surface area contributed by atoms with Gasteiger partial charge in [-0.25, -0.2) is 4.79 Å². The largest absolute Gasteiger partial charge is 0.416 e. The lowest BCUT2D eigenvalue weighted by Crippen LogP contribution is -2.46. The first-order valence-electron chi connectivity index (χ1n) is 10.4. The highest BCUT2D eigenvalue weighted by Crippen LogP contribution is 2.29. The van der Waals surface area contributed by atoms with Crippen LogP contribution in [0.15, 0.2) is 54.6 Å². The lowest BCUT2D eigenvalue weighted by atomic mass is 9.97. The maximum Gasteiger partial charge on any atom is 0.416 e. The number of nitrogens with one attached hydrogen (secondary N) is 2. The molecule has 2 unspecified atom stereocenters. The Hall–Kier alpha value is -3.07. The van der Waals surface area contributed by atoms with E-state index < -0.39 is 29.7 Å². The molecule has 6 nitrogen and oxygen atoms in total. The van der Waals surface area contributed by atoms with Crippen LogP contribution in [0, 0.1) is 0 Å². The summed E-state index contributed by atoms with van der Waals surface area (Å²) in [7, 11) is 0. The third-order valence-corrected chi connectivity index (χ3v) is 5.38. The van der Waals surface area contributed by atoms with Gasteiger partial charge in [0.1, 0.15) is 0 Å². The second kappa shape index (κ2) is 10.5. The Morgan fingerprint density at radius 2 is 1.62 bits per heavy atom. The summed E-state index contributed by atoms with van der Waals surface area (Å²) in [5.41, 5.74) is 0.586. The Morgan fingerprint density at radius 3 is 2.22 bits per heavy atom. The SMILES string of the molecule is CC(NC(=O)NCC(C(=O)N1CCOCC1)c1ccccc1)c1ccc(C(F)(F)F)cc1. The summed E-state index contributed by atoms with van der Waals surface area (Å²) >= 11 is 0. The average Bonchev–Trinajstić information content (AvgIpc) is 2.80. The summed E-state index contributed by atoms with van der Waals surface area (Å²) in [4.78, 5) is 27.2. The number of morpholine rings is 1. The van der Waals surface area contributed by atoms with Crippen LogP contribution in [-0.4, -0.2) is 49.7 Å². The fourth-order valence-electron chi connectivity index (χ4n) is 3.52. The summed E-state index contributed by atoms with van der Waals surface area (Å²) < 4.78 is 43.5. The van der Waals surface area contributed by atoms with Crippen molar-refractivity contribution in [3.05, 3.63) is 71.3 Å². The summed E-state index contributed by atoms with van der Waals surface area (Å²) in [6.07, 6.45) is -4.41. The van der Waals surface area contributed by atoms with Crippen LogP contribution in [-0.2, 0) is 15.7 Å². The van der Waals surface area contributed by atoms with E-state index in [4.69, 9.17) is 4.74 Å². The zero-order valence-corrected chi connectivity index (χ0v) is 17.7. The molecule has 1 aliphatic rings. The normalized spacial score (nSPS) is 16.2. The molecule has 2 N–H and O–H groups in total. The van der Waals surface area contributed by atoms with Crippen LogP contribution in [0.1, 0.15) is 35.6 Å². The number of alkyl halides is 3. The van der Waals surface area contributed by atoms with E-state index in [1.165, 1.54) is 12.1 Å². The van der Waals surface area contributed by atoms with Gasteiger partial charge in [-0.15, -0.1) is 0 Å². The Kier molecular flexibility index (Phi) is 7.74. The van der Waals surface area contributed by atoms with E-state index in [9.17, 15) is 22.8 Å². The number of carbonyl (C=O) groups excluding carboxylic acids is 2. The number of benzene rings is 2. The van der Waals surface area contributed by atoms with Gasteiger partial charge in [-0.1, -0.05) is 42.5 Å². The molecule has 0 bridgehead atoms. The lowest BCUT2D eigenvalue weighted by molar-refractivity contribution is -0.138. The van der Waals surface area contributed by atoms with Crippen molar-refractivity contribution in [2.75, 3.05) is 32.8 Å². The molecule has 1 saturated heterocycles. The minimum Gasteiger partial charge on any atom is -0.378 e. The standard InChI is InChI=1S/C23H26F3N3O3/c1-16(17-7-9-19(10-8-17)23(24,25)26)28-22(31)27-15-20(18-5-3-2-4-6-18)21(30)29-11-13-32-14-12-29/h2-10,16,20H,11-15H2,1H3,(H2,27,28,31). The number of carbonyl (C=O) groups is 2. The van der Waals surface area contributed by atoms with Gasteiger partial charge in [0.25, 0.3) is 0 Å². The van der Waals surface area contributed by atoms with E-state index >= 15 is 0 Å². The number of ether oxygens (including phenoxy) is 1. The predicted octanol–water partition coefficient (Wildman–Crippen LogP) is 3.71. The molecule has 0 saturated carbocycles. The van der Waals surface area contributed by atoms with Gasteiger partial charge in [-0.05, 0) is 30.2 Å². The van der Waals surface area contributed by atoms with Gasteiger partial charge in [-0.2, -0.15) is 13.2 Å². The fraction of sp³-hybridized carbons (Fsp3) is 0.391. The molecule has 1 heterocycles. The monoisotopic (exact) mass is 449 g/mol. The minimum atomic E-state index is -4.41. The number of urea groups is 1. The highest BCUT2D eigenvalue weighted by Gasteiger charge is 2.30. The second-order valence-electron chi connectivity index (χ2n) is 7.60. The number of amides is 3. The quantitative estimate of drug-likeness (QED) is 0.707. The number of hydrogen-bond donors (Lipinski definition) is 2. The zero-order chi connectivity index (χ0) is 23.1. The molecule has 2 aromatic rings. The van der Waals surface area contributed by atoms with Crippen LogP contribution >= 0.6 is 0 Å². The smallest absolute Gasteiger partial charge is 0.378 e. The number of hydrogen-bond acceptors (Lipinski definition) is 3. The Morgan fingerprint density at radius 1 is 1.00 bits per heavy atom. The molecular formula is C23H26F3N3O3. The molecule has 1 aliphatic heterocycles. The molecule has 9 heteroatoms. The molecule has 1 fully saturated rings. The summed E-state index contributed by atoms with van der Waals surface area (Å²) in [5, 5.41) is 5.43. The molecule has 0 spiro atoms. The fourth-order valence-corrected chi connectivity index (χ4v) is 3.52. The zero-order valence-electron chi connectivity index (χ0n) is 17.7. The van der Waals surface area contributed by atoms with E-state index in [-0.39, 0.29) is 12.5 Å². The molecule has 3 rings (SSSR count). The van der Waals surface area contributed by atoms with Crippen molar-refractivity contribution in [3.8, 4) is 0 Å². The van der Waals surface area contributed by atoms with Crippen LogP contribution in [0.25, 0.3) is 0 Å². The van der Waals surface area contributed by atoms with E-state index in [2.05, 4.69) is 10.6 Å². The first kappa shape index (κ1) is 23.6. The molecular weight excluding hydrogens is 423 g/mol. The van der Waals surface area contributed by atoms with Gasteiger partial charge < -0.3 is 20.3 Å². The Labute approximate surface area is 184 Å². The van der Waals surface area contributed by atoms with E-state index in [1.807, 2.05) is 30.3 Å². The predicted molar refractivity (Wildman–Crippen MR) is 113 cm³/mol. The van der Waals surface area contributed by atoms with Gasteiger partial charge in [0.15, 0.2) is 0 Å². The van der Waals surface area contributed by atoms with Crippen molar-refractivity contribution in [1.29, 1.82) is 0 Å². The number of halogens is 3. The molecule has 0 aliphatic carbocycles. The summed E-state index contributed by atoms with van der Waals surface area (Å²) in [6, 6.07) is 12.8. The van der Waals surface area contributed by atoms with Crippen molar-refractivity contribution < 1.29 is 27.5 Å². The topological polar surface area (TPSA) is 70.7 Å². The lowest BCUT2D eigenvalue weighted by Gasteiger charge is -2.31. The molecule has 172 valence electrons. The first-order chi connectivity index (χ1) is 15.3. The van der Waals surface area contributed by atoms with Crippen molar-refractivity contribution in [2.24, 2.45) is 0 Å². The van der Waals surface area contributed by atoms with E-state index in [0.29, 0.717) is 31.9 Å². The molecule has 2 atom stereocenters. The van der Waals surface area contributed by atoms with Crippen molar-refractivity contribution in [3.63, 3.8) is 0 Å². The number of nitrogens with zero attached hydrogens (tertiary/aromatic N) is 1. The Balaban J connectivity index is 1.61. The van der Waals surface area contributed by atoms with Crippen molar-refractivity contribution in [1.82, 2.24) is 15.5 Å². The minimum absolute atomic E-state index is 0.0874. The van der Waals surface area contributed by atoms with E-state index in [0.717, 1.165) is 17.7 Å². The molecule has 2 aromatic carbocycles. The van der Waals surface area contributed by atoms with Crippen LogP contribution in [0.4, 0.5) is 18.0 Å². The van der Waals surface area contributed by atoms with Crippen molar-refractivity contribution >= 4 is 11.9 Å². The maximum absolute atomic E-state index is 13.1. The highest BCUT2D eigenvalue weighted by molar-refractivity contribution is 5.85. The van der Waals surface area contributed by atoms with Crippen LogP contribution in [0.3, 0.4) is 0 Å². The van der Waals surface area contributed by atoms with Crippen LogP contribution in [0.5, 0.6) is 0 Å². The van der Waals surface area contributed by atoms with Gasteiger partial charge >= 0.3 is 12.2 Å². The highest BCUT2D eigenvalue weighted by atomic mass is 19.4. The molecule has 3 amide bonds. The van der Waals surface area contributed by atoms with Gasteiger partial charge in [0, 0.05) is 19.6 Å². The van der Waals surface area contributed by atoms with Gasteiger partial charge in [0.05, 0.1) is 30.7 Å². The average molecular weight is 449 g/mol. The van der Waals surface area contributed by atoms with Crippen LogP contribution in [0.2, 0.25) is 0 Å².